The molecule has 1 aromatic heterocycles. The molecule has 26 heavy (non-hydrogen) atoms. The Morgan fingerprint density at radius 3 is 2.50 bits per heavy atom. The highest BCUT2D eigenvalue weighted by molar-refractivity contribution is 9.10. The monoisotopic (exact) mass is 432 g/mol. The highest BCUT2D eigenvalue weighted by Gasteiger charge is 2.26. The molecular formula is C20H18BrClN2O2. The van der Waals surface area contributed by atoms with Gasteiger partial charge >= 0.3 is 5.97 Å². The summed E-state index contributed by atoms with van der Waals surface area (Å²) in [6.07, 6.45) is 2.32. The molecular weight excluding hydrogens is 416 g/mol. The zero-order chi connectivity index (χ0) is 18.3. The van der Waals surface area contributed by atoms with Crippen LogP contribution in [0.4, 0.5) is 0 Å². The summed E-state index contributed by atoms with van der Waals surface area (Å²) >= 11 is 9.83. The largest absolute Gasteiger partial charge is 0.477 e. The van der Waals surface area contributed by atoms with Crippen LogP contribution in [0.25, 0.3) is 16.6 Å². The number of carboxylic acids is 1. The minimum atomic E-state index is -0.925. The third-order valence-electron chi connectivity index (χ3n) is 4.91. The van der Waals surface area contributed by atoms with Gasteiger partial charge in [-0.3, -0.25) is 4.90 Å². The number of likely N-dealkylation sites (tertiary alicyclic amines) is 1. The molecule has 0 spiro atoms. The molecule has 4 nitrogen and oxygen atoms in total. The Hall–Kier alpha value is -1.82. The van der Waals surface area contributed by atoms with Crippen LogP contribution in [0.2, 0.25) is 5.02 Å². The summed E-state index contributed by atoms with van der Waals surface area (Å²) < 4.78 is 2.58. The molecule has 1 aliphatic heterocycles. The van der Waals surface area contributed by atoms with Crippen molar-refractivity contribution in [1.29, 1.82) is 0 Å². The number of rotatable bonds is 4. The molecule has 3 aromatic rings. The molecule has 1 N–H and O–H groups in total. The van der Waals surface area contributed by atoms with Gasteiger partial charge in [-0.2, -0.15) is 0 Å². The van der Waals surface area contributed by atoms with E-state index in [9.17, 15) is 9.90 Å². The minimum Gasteiger partial charge on any atom is -0.477 e. The number of aromatic carboxylic acids is 1. The number of halogens is 2. The van der Waals surface area contributed by atoms with E-state index in [1.54, 1.807) is 4.57 Å². The van der Waals surface area contributed by atoms with Crippen LogP contribution < -0.4 is 0 Å². The average molecular weight is 434 g/mol. The maximum absolute atomic E-state index is 12.2. The van der Waals surface area contributed by atoms with E-state index in [1.807, 2.05) is 42.5 Å². The molecule has 0 bridgehead atoms. The van der Waals surface area contributed by atoms with Crippen molar-refractivity contribution < 1.29 is 9.90 Å². The summed E-state index contributed by atoms with van der Waals surface area (Å²) in [4.78, 5) is 14.6. The fraction of sp³-hybridized carbons (Fsp3) is 0.250. The van der Waals surface area contributed by atoms with Crippen LogP contribution in [0.1, 0.15) is 28.9 Å². The Morgan fingerprint density at radius 1 is 1.15 bits per heavy atom. The van der Waals surface area contributed by atoms with Crippen molar-refractivity contribution in [2.45, 2.75) is 19.4 Å². The van der Waals surface area contributed by atoms with E-state index >= 15 is 0 Å². The Bertz CT molecular complexity index is 979. The van der Waals surface area contributed by atoms with E-state index in [2.05, 4.69) is 20.8 Å². The van der Waals surface area contributed by atoms with Crippen LogP contribution in [-0.4, -0.2) is 33.6 Å². The number of aromatic nitrogens is 1. The van der Waals surface area contributed by atoms with Crippen molar-refractivity contribution in [3.8, 4) is 5.69 Å². The van der Waals surface area contributed by atoms with Crippen molar-refractivity contribution >= 4 is 44.4 Å². The van der Waals surface area contributed by atoms with Crippen molar-refractivity contribution in [3.63, 3.8) is 0 Å². The maximum Gasteiger partial charge on any atom is 0.353 e. The quantitative estimate of drug-likeness (QED) is 0.604. The molecule has 0 saturated carbocycles. The van der Waals surface area contributed by atoms with Gasteiger partial charge in [0.25, 0.3) is 0 Å². The van der Waals surface area contributed by atoms with Gasteiger partial charge in [0.15, 0.2) is 0 Å². The number of nitrogens with zero attached hydrogens (tertiary/aromatic N) is 2. The number of carbonyl (C=O) groups is 1. The summed E-state index contributed by atoms with van der Waals surface area (Å²) in [6, 6.07) is 13.4. The predicted molar refractivity (Wildman–Crippen MR) is 107 cm³/mol. The van der Waals surface area contributed by atoms with Crippen LogP contribution in [0.15, 0.2) is 46.9 Å². The zero-order valence-electron chi connectivity index (χ0n) is 14.1. The topological polar surface area (TPSA) is 45.5 Å². The van der Waals surface area contributed by atoms with Gasteiger partial charge in [-0.05, 0) is 66.1 Å². The standard InChI is InChI=1S/C20H18BrClN2O2/c21-16-10-14-15(12-23-8-4-5-9-23)19(20(25)26)24(18(14)11-17(16)22)13-6-2-1-3-7-13/h1-3,6-7,10-11H,4-5,8-9,12H2,(H,25,26). The summed E-state index contributed by atoms with van der Waals surface area (Å²) in [5.74, 6) is -0.925. The lowest BCUT2D eigenvalue weighted by molar-refractivity contribution is 0.0686. The zero-order valence-corrected chi connectivity index (χ0v) is 16.4. The van der Waals surface area contributed by atoms with E-state index in [0.29, 0.717) is 17.3 Å². The molecule has 1 saturated heterocycles. The fourth-order valence-corrected chi connectivity index (χ4v) is 4.24. The number of hydrogen-bond acceptors (Lipinski definition) is 2. The van der Waals surface area contributed by atoms with E-state index < -0.39 is 5.97 Å². The molecule has 0 aliphatic carbocycles. The van der Waals surface area contributed by atoms with E-state index in [4.69, 9.17) is 11.6 Å². The molecule has 4 rings (SSSR count). The predicted octanol–water partition coefficient (Wildman–Crippen LogP) is 5.34. The van der Waals surface area contributed by atoms with Crippen molar-refractivity contribution in [1.82, 2.24) is 9.47 Å². The van der Waals surface area contributed by atoms with Gasteiger partial charge in [-0.1, -0.05) is 29.8 Å². The van der Waals surface area contributed by atoms with E-state index in [-0.39, 0.29) is 0 Å². The molecule has 1 fully saturated rings. The molecule has 134 valence electrons. The van der Waals surface area contributed by atoms with E-state index in [0.717, 1.165) is 52.6 Å². The number of benzene rings is 2. The third kappa shape index (κ3) is 3.04. The van der Waals surface area contributed by atoms with Crippen LogP contribution in [0.5, 0.6) is 0 Å². The summed E-state index contributed by atoms with van der Waals surface area (Å²) in [7, 11) is 0. The first kappa shape index (κ1) is 17.6. The van der Waals surface area contributed by atoms with Crippen molar-refractivity contribution in [2.75, 3.05) is 13.1 Å². The molecule has 0 unspecified atom stereocenters. The van der Waals surface area contributed by atoms with Crippen molar-refractivity contribution in [3.05, 3.63) is 63.2 Å². The lowest BCUT2D eigenvalue weighted by Gasteiger charge is -2.15. The SMILES string of the molecule is O=C(O)c1c(CN2CCCC2)c2cc(Br)c(Cl)cc2n1-c1ccccc1. The first-order valence-corrected chi connectivity index (χ1v) is 9.77. The lowest BCUT2D eigenvalue weighted by Crippen LogP contribution is -2.20. The van der Waals surface area contributed by atoms with Gasteiger partial charge in [-0.25, -0.2) is 4.79 Å². The first-order chi connectivity index (χ1) is 12.6. The van der Waals surface area contributed by atoms with Crippen LogP contribution >= 0.6 is 27.5 Å². The molecule has 0 atom stereocenters. The molecule has 0 amide bonds. The van der Waals surface area contributed by atoms with Gasteiger partial charge in [-0.15, -0.1) is 0 Å². The number of fused-ring (bicyclic) bond motifs is 1. The Morgan fingerprint density at radius 2 is 1.85 bits per heavy atom. The fourth-order valence-electron chi connectivity index (χ4n) is 3.74. The Labute approximate surface area is 165 Å². The molecule has 1 aliphatic rings. The van der Waals surface area contributed by atoms with Gasteiger partial charge in [0, 0.05) is 27.7 Å². The summed E-state index contributed by atoms with van der Waals surface area (Å²) in [6.45, 7) is 2.64. The lowest BCUT2D eigenvalue weighted by atomic mass is 10.1. The first-order valence-electron chi connectivity index (χ1n) is 8.59. The highest BCUT2D eigenvalue weighted by Crippen LogP contribution is 2.36. The van der Waals surface area contributed by atoms with E-state index in [1.165, 1.54) is 0 Å². The number of para-hydroxylation sites is 1. The Balaban J connectivity index is 2.03. The Kier molecular flexibility index (Phi) is 4.78. The van der Waals surface area contributed by atoms with Crippen LogP contribution in [0, 0.1) is 0 Å². The molecule has 0 radical (unpaired) electrons. The average Bonchev–Trinajstić information content (AvgIpc) is 3.23. The maximum atomic E-state index is 12.2. The van der Waals surface area contributed by atoms with Gasteiger partial charge < -0.3 is 9.67 Å². The van der Waals surface area contributed by atoms with Gasteiger partial charge in [0.2, 0.25) is 0 Å². The van der Waals surface area contributed by atoms with Gasteiger partial charge in [0.05, 0.1) is 10.5 Å². The van der Waals surface area contributed by atoms with Crippen LogP contribution in [0.3, 0.4) is 0 Å². The summed E-state index contributed by atoms with van der Waals surface area (Å²) in [5.41, 5.74) is 2.79. The minimum absolute atomic E-state index is 0.312. The highest BCUT2D eigenvalue weighted by atomic mass is 79.9. The second-order valence-electron chi connectivity index (χ2n) is 6.57. The normalized spacial score (nSPS) is 15.0. The van der Waals surface area contributed by atoms with Crippen molar-refractivity contribution in [2.24, 2.45) is 0 Å². The third-order valence-corrected chi connectivity index (χ3v) is 6.11. The molecule has 6 heteroatoms. The summed E-state index contributed by atoms with van der Waals surface area (Å²) in [5, 5.41) is 11.5. The molecule has 2 aromatic carbocycles. The van der Waals surface area contributed by atoms with Crippen LogP contribution in [-0.2, 0) is 6.54 Å². The smallest absolute Gasteiger partial charge is 0.353 e. The number of carboxylic acid groups (broad SMARTS) is 1. The van der Waals surface area contributed by atoms with Gasteiger partial charge in [0.1, 0.15) is 5.69 Å². The molecule has 2 heterocycles. The second-order valence-corrected chi connectivity index (χ2v) is 7.83. The number of hydrogen-bond donors (Lipinski definition) is 1. The second kappa shape index (κ2) is 7.06.